The van der Waals surface area contributed by atoms with E-state index in [0.29, 0.717) is 5.82 Å². The van der Waals surface area contributed by atoms with E-state index in [1.807, 2.05) is 6.92 Å². The molecule has 3 atom stereocenters. The average Bonchev–Trinajstić information content (AvgIpc) is 3.04. The van der Waals surface area contributed by atoms with Gasteiger partial charge >= 0.3 is 0 Å². The first-order valence-electron chi connectivity index (χ1n) is 8.04. The van der Waals surface area contributed by atoms with Gasteiger partial charge < -0.3 is 11.1 Å². The number of hydrogen-bond acceptors (Lipinski definition) is 4. The summed E-state index contributed by atoms with van der Waals surface area (Å²) in [5, 5.41) is 3.55. The fourth-order valence-electron chi connectivity index (χ4n) is 3.94. The minimum atomic E-state index is 0.624. The predicted octanol–water partition coefficient (Wildman–Crippen LogP) is 3.17. The van der Waals surface area contributed by atoms with Crippen LogP contribution >= 0.6 is 0 Å². The highest BCUT2D eigenvalue weighted by atomic mass is 15.1. The van der Waals surface area contributed by atoms with Crippen LogP contribution in [0.2, 0.25) is 0 Å². The Bertz CT molecular complexity index is 486. The molecule has 2 aliphatic carbocycles. The number of nitrogens with one attached hydrogen (secondary N) is 1. The molecule has 3 N–H and O–H groups in total. The number of nitrogen functional groups attached to an aromatic ring is 1. The van der Waals surface area contributed by atoms with Gasteiger partial charge in [0.2, 0.25) is 0 Å². The third-order valence-electron chi connectivity index (χ3n) is 5.12. The summed E-state index contributed by atoms with van der Waals surface area (Å²) >= 11 is 0. The van der Waals surface area contributed by atoms with Crippen molar-refractivity contribution in [2.45, 2.75) is 52.4 Å². The standard InChI is InChI=1S/C16H26N4/c1-3-4-14-19-15(17)10(2)16(20-14)18-9-13-8-11-5-6-12(13)7-11/h11-13H,3-9H2,1-2H3,(H3,17,18,19,20). The zero-order chi connectivity index (χ0) is 14.1. The second-order valence-electron chi connectivity index (χ2n) is 6.56. The van der Waals surface area contributed by atoms with Crippen molar-refractivity contribution in [2.24, 2.45) is 17.8 Å². The molecule has 4 nitrogen and oxygen atoms in total. The normalized spacial score (nSPS) is 28.0. The van der Waals surface area contributed by atoms with Crippen LogP contribution in [0.15, 0.2) is 0 Å². The molecule has 0 amide bonds. The van der Waals surface area contributed by atoms with E-state index in [2.05, 4.69) is 22.2 Å². The van der Waals surface area contributed by atoms with Gasteiger partial charge in [0.1, 0.15) is 17.5 Å². The van der Waals surface area contributed by atoms with Crippen molar-refractivity contribution >= 4 is 11.6 Å². The van der Waals surface area contributed by atoms with Crippen molar-refractivity contribution in [3.8, 4) is 0 Å². The molecule has 2 saturated carbocycles. The van der Waals surface area contributed by atoms with Gasteiger partial charge in [-0.2, -0.15) is 0 Å². The van der Waals surface area contributed by atoms with Gasteiger partial charge in [0.25, 0.3) is 0 Å². The van der Waals surface area contributed by atoms with E-state index < -0.39 is 0 Å². The van der Waals surface area contributed by atoms with Gasteiger partial charge in [0.15, 0.2) is 0 Å². The molecule has 4 heteroatoms. The Balaban J connectivity index is 1.67. The lowest BCUT2D eigenvalue weighted by molar-refractivity contribution is 0.348. The first-order chi connectivity index (χ1) is 9.67. The Labute approximate surface area is 121 Å². The molecule has 0 aliphatic heterocycles. The molecular formula is C16H26N4. The summed E-state index contributed by atoms with van der Waals surface area (Å²) in [7, 11) is 0. The molecule has 2 bridgehead atoms. The first-order valence-corrected chi connectivity index (χ1v) is 8.04. The maximum atomic E-state index is 6.00. The van der Waals surface area contributed by atoms with E-state index in [1.165, 1.54) is 25.7 Å². The Morgan fingerprint density at radius 3 is 2.75 bits per heavy atom. The van der Waals surface area contributed by atoms with Gasteiger partial charge in [-0.15, -0.1) is 0 Å². The molecule has 3 unspecified atom stereocenters. The Morgan fingerprint density at radius 1 is 1.25 bits per heavy atom. The summed E-state index contributed by atoms with van der Waals surface area (Å²) < 4.78 is 0. The molecule has 0 radical (unpaired) electrons. The van der Waals surface area contributed by atoms with E-state index in [-0.39, 0.29) is 0 Å². The lowest BCUT2D eigenvalue weighted by atomic mass is 9.89. The Kier molecular flexibility index (Phi) is 3.81. The average molecular weight is 274 g/mol. The van der Waals surface area contributed by atoms with Crippen molar-refractivity contribution < 1.29 is 0 Å². The van der Waals surface area contributed by atoms with Gasteiger partial charge in [-0.25, -0.2) is 9.97 Å². The fourth-order valence-corrected chi connectivity index (χ4v) is 3.94. The number of nitrogens with two attached hydrogens (primary N) is 1. The van der Waals surface area contributed by atoms with E-state index in [0.717, 1.165) is 54.3 Å². The summed E-state index contributed by atoms with van der Waals surface area (Å²) in [6, 6.07) is 0. The van der Waals surface area contributed by atoms with E-state index in [9.17, 15) is 0 Å². The van der Waals surface area contributed by atoms with Gasteiger partial charge in [0.05, 0.1) is 0 Å². The zero-order valence-corrected chi connectivity index (χ0v) is 12.7. The van der Waals surface area contributed by atoms with Crippen LogP contribution in [0.5, 0.6) is 0 Å². The van der Waals surface area contributed by atoms with Crippen molar-refractivity contribution in [2.75, 3.05) is 17.6 Å². The highest BCUT2D eigenvalue weighted by Crippen LogP contribution is 2.48. The van der Waals surface area contributed by atoms with Crippen LogP contribution < -0.4 is 11.1 Å². The minimum Gasteiger partial charge on any atom is -0.383 e. The fraction of sp³-hybridized carbons (Fsp3) is 0.750. The number of anilines is 2. The van der Waals surface area contributed by atoms with E-state index in [1.54, 1.807) is 0 Å². The molecule has 20 heavy (non-hydrogen) atoms. The van der Waals surface area contributed by atoms with E-state index >= 15 is 0 Å². The molecule has 0 aromatic carbocycles. The molecule has 1 aromatic heterocycles. The van der Waals surface area contributed by atoms with Crippen molar-refractivity contribution in [1.82, 2.24) is 9.97 Å². The molecule has 3 rings (SSSR count). The summed E-state index contributed by atoms with van der Waals surface area (Å²) in [4.78, 5) is 9.01. The maximum Gasteiger partial charge on any atom is 0.134 e. The topological polar surface area (TPSA) is 63.8 Å². The second-order valence-corrected chi connectivity index (χ2v) is 6.56. The van der Waals surface area contributed by atoms with Crippen LogP contribution in [-0.2, 0) is 6.42 Å². The van der Waals surface area contributed by atoms with Gasteiger partial charge in [-0.1, -0.05) is 13.3 Å². The molecule has 0 saturated heterocycles. The molecule has 1 aromatic rings. The Hall–Kier alpha value is -1.32. The first kappa shape index (κ1) is 13.7. The van der Waals surface area contributed by atoms with Gasteiger partial charge in [-0.05, 0) is 50.4 Å². The van der Waals surface area contributed by atoms with E-state index in [4.69, 9.17) is 5.73 Å². The maximum absolute atomic E-state index is 6.00. The van der Waals surface area contributed by atoms with Gasteiger partial charge in [-0.3, -0.25) is 0 Å². The number of hydrogen-bond donors (Lipinski definition) is 2. The van der Waals surface area contributed by atoms with Crippen molar-refractivity contribution in [3.63, 3.8) is 0 Å². The molecule has 110 valence electrons. The van der Waals surface area contributed by atoms with Crippen LogP contribution in [0.25, 0.3) is 0 Å². The van der Waals surface area contributed by atoms with Gasteiger partial charge in [0, 0.05) is 18.5 Å². The van der Waals surface area contributed by atoms with Crippen LogP contribution in [0, 0.1) is 24.7 Å². The Morgan fingerprint density at radius 2 is 2.10 bits per heavy atom. The summed E-state index contributed by atoms with van der Waals surface area (Å²) in [6.45, 7) is 5.19. The monoisotopic (exact) mass is 274 g/mol. The molecule has 1 heterocycles. The number of aromatic nitrogens is 2. The van der Waals surface area contributed by atoms with Crippen molar-refractivity contribution in [1.29, 1.82) is 0 Å². The van der Waals surface area contributed by atoms with Crippen LogP contribution in [0.4, 0.5) is 11.6 Å². The minimum absolute atomic E-state index is 0.624. The SMILES string of the molecule is CCCc1nc(N)c(C)c(NCC2CC3CCC2C3)n1. The highest BCUT2D eigenvalue weighted by Gasteiger charge is 2.39. The lowest BCUT2D eigenvalue weighted by Gasteiger charge is -2.22. The van der Waals surface area contributed by atoms with Crippen LogP contribution in [-0.4, -0.2) is 16.5 Å². The number of nitrogens with zero attached hydrogens (tertiary/aromatic N) is 2. The summed E-state index contributed by atoms with van der Waals surface area (Å²) in [6.07, 6.45) is 7.70. The van der Waals surface area contributed by atoms with Crippen LogP contribution in [0.1, 0.15) is 50.4 Å². The number of rotatable bonds is 5. The van der Waals surface area contributed by atoms with Crippen molar-refractivity contribution in [3.05, 3.63) is 11.4 Å². The smallest absolute Gasteiger partial charge is 0.134 e. The quantitative estimate of drug-likeness (QED) is 0.865. The molecule has 0 spiro atoms. The number of aryl methyl sites for hydroxylation is 1. The highest BCUT2D eigenvalue weighted by molar-refractivity contribution is 5.54. The summed E-state index contributed by atoms with van der Waals surface area (Å²) in [5.74, 6) is 5.22. The number of fused-ring (bicyclic) bond motifs is 2. The third kappa shape index (κ3) is 2.60. The zero-order valence-electron chi connectivity index (χ0n) is 12.7. The second kappa shape index (κ2) is 5.58. The third-order valence-corrected chi connectivity index (χ3v) is 5.12. The molecule has 2 fully saturated rings. The van der Waals surface area contributed by atoms with Crippen LogP contribution in [0.3, 0.4) is 0 Å². The lowest BCUT2D eigenvalue weighted by Crippen LogP contribution is -2.21. The summed E-state index contributed by atoms with van der Waals surface area (Å²) in [5.41, 5.74) is 7.00. The molecular weight excluding hydrogens is 248 g/mol. The predicted molar refractivity (Wildman–Crippen MR) is 82.6 cm³/mol. The molecule has 2 aliphatic rings. The largest absolute Gasteiger partial charge is 0.383 e.